The number of carbonyl (C=O) groups excluding carboxylic acids is 2. The van der Waals surface area contributed by atoms with Crippen molar-refractivity contribution in [3.8, 4) is 11.5 Å². The third kappa shape index (κ3) is 3.97. The number of ether oxygens (including phenoxy) is 1. The summed E-state index contributed by atoms with van der Waals surface area (Å²) in [4.78, 5) is 28.1. The highest BCUT2D eigenvalue weighted by molar-refractivity contribution is 5.96. The van der Waals surface area contributed by atoms with Crippen LogP contribution >= 0.6 is 0 Å². The minimum atomic E-state index is -0.221. The summed E-state index contributed by atoms with van der Waals surface area (Å²) in [6, 6.07) is 11.7. The van der Waals surface area contributed by atoms with Crippen molar-refractivity contribution >= 4 is 23.2 Å². The van der Waals surface area contributed by atoms with Crippen molar-refractivity contribution < 1.29 is 19.4 Å². The lowest BCUT2D eigenvalue weighted by atomic mass is 10.1. The van der Waals surface area contributed by atoms with Gasteiger partial charge in [0.05, 0.1) is 23.8 Å². The van der Waals surface area contributed by atoms with E-state index in [1.807, 2.05) is 11.9 Å². The number of nitrogens with one attached hydrogen (secondary N) is 1. The second kappa shape index (κ2) is 7.57. The number of para-hydroxylation sites is 2. The summed E-state index contributed by atoms with van der Waals surface area (Å²) in [5.74, 6) is 0.396. The Morgan fingerprint density at radius 3 is 2.70 bits per heavy atom. The van der Waals surface area contributed by atoms with Gasteiger partial charge in [-0.15, -0.1) is 0 Å². The molecule has 0 radical (unpaired) electrons. The molecule has 0 aromatic heterocycles. The van der Waals surface area contributed by atoms with Crippen molar-refractivity contribution in [2.45, 2.75) is 12.5 Å². The van der Waals surface area contributed by atoms with Crippen LogP contribution in [-0.4, -0.2) is 55.6 Å². The zero-order chi connectivity index (χ0) is 19.6. The number of anilines is 2. The first-order valence-corrected chi connectivity index (χ1v) is 8.66. The molecule has 0 fully saturated rings. The van der Waals surface area contributed by atoms with Crippen LogP contribution < -0.4 is 15.0 Å². The molecule has 0 bridgehead atoms. The minimum Gasteiger partial charge on any atom is -0.506 e. The second-order valence-electron chi connectivity index (χ2n) is 6.73. The maximum atomic E-state index is 12.4. The van der Waals surface area contributed by atoms with Gasteiger partial charge < -0.3 is 25.0 Å². The zero-order valence-corrected chi connectivity index (χ0v) is 15.6. The van der Waals surface area contributed by atoms with Crippen LogP contribution in [0.25, 0.3) is 0 Å². The van der Waals surface area contributed by atoms with E-state index in [4.69, 9.17) is 4.74 Å². The third-order valence-electron chi connectivity index (χ3n) is 4.57. The molecule has 142 valence electrons. The molecule has 3 rings (SSSR count). The van der Waals surface area contributed by atoms with Crippen molar-refractivity contribution in [3.05, 3.63) is 48.0 Å². The summed E-state index contributed by atoms with van der Waals surface area (Å²) in [7, 11) is 5.28. The van der Waals surface area contributed by atoms with E-state index >= 15 is 0 Å². The Morgan fingerprint density at radius 2 is 2.00 bits per heavy atom. The smallest absolute Gasteiger partial charge is 0.253 e. The van der Waals surface area contributed by atoms with Gasteiger partial charge in [-0.3, -0.25) is 9.59 Å². The Labute approximate surface area is 158 Å². The van der Waals surface area contributed by atoms with E-state index in [0.717, 1.165) is 5.69 Å². The van der Waals surface area contributed by atoms with Crippen molar-refractivity contribution in [2.24, 2.45) is 0 Å². The number of benzene rings is 2. The second-order valence-corrected chi connectivity index (χ2v) is 6.73. The fourth-order valence-electron chi connectivity index (χ4n) is 2.99. The van der Waals surface area contributed by atoms with Gasteiger partial charge >= 0.3 is 0 Å². The normalized spacial score (nSPS) is 15.5. The molecule has 7 heteroatoms. The average Bonchev–Trinajstić information content (AvgIpc) is 2.65. The summed E-state index contributed by atoms with van der Waals surface area (Å²) in [5, 5.41) is 12.5. The highest BCUT2D eigenvalue weighted by Gasteiger charge is 2.28. The SMILES string of the molecule is CN(C)C(=O)c1ccc2c(c1)N(C)[C@H](CC(=O)Nc1ccccc1O)CO2. The summed E-state index contributed by atoms with van der Waals surface area (Å²) < 4.78 is 5.78. The number of phenolic OH excluding ortho intramolecular Hbond substituents is 1. The average molecular weight is 369 g/mol. The molecule has 0 saturated carbocycles. The molecular weight excluding hydrogens is 346 g/mol. The maximum absolute atomic E-state index is 12.4. The van der Waals surface area contributed by atoms with Gasteiger partial charge in [0.2, 0.25) is 5.91 Å². The van der Waals surface area contributed by atoms with Crippen LogP contribution in [0.1, 0.15) is 16.8 Å². The number of phenols is 1. The van der Waals surface area contributed by atoms with Crippen LogP contribution in [0.15, 0.2) is 42.5 Å². The molecule has 1 aliphatic heterocycles. The van der Waals surface area contributed by atoms with Gasteiger partial charge in [-0.1, -0.05) is 12.1 Å². The van der Waals surface area contributed by atoms with Crippen LogP contribution in [0.2, 0.25) is 0 Å². The summed E-state index contributed by atoms with van der Waals surface area (Å²) in [5.41, 5.74) is 1.71. The molecule has 2 aromatic carbocycles. The first-order chi connectivity index (χ1) is 12.9. The maximum Gasteiger partial charge on any atom is 0.253 e. The Balaban J connectivity index is 1.73. The van der Waals surface area contributed by atoms with Crippen molar-refractivity contribution in [2.75, 3.05) is 38.0 Å². The Morgan fingerprint density at radius 1 is 1.26 bits per heavy atom. The van der Waals surface area contributed by atoms with E-state index in [0.29, 0.717) is 23.6 Å². The minimum absolute atomic E-state index is 0.0243. The molecular formula is C20H23N3O4. The van der Waals surface area contributed by atoms with E-state index in [1.165, 1.54) is 11.0 Å². The van der Waals surface area contributed by atoms with Crippen molar-refractivity contribution in [1.82, 2.24) is 4.90 Å². The van der Waals surface area contributed by atoms with Crippen LogP contribution in [-0.2, 0) is 4.79 Å². The molecule has 1 heterocycles. The number of amides is 2. The number of aromatic hydroxyl groups is 1. The Kier molecular flexibility index (Phi) is 5.21. The highest BCUT2D eigenvalue weighted by atomic mass is 16.5. The lowest BCUT2D eigenvalue weighted by Crippen LogP contribution is -2.42. The predicted octanol–water partition coefficient (Wildman–Crippen LogP) is 2.32. The Bertz CT molecular complexity index is 866. The fraction of sp³-hybridized carbons (Fsp3) is 0.300. The molecule has 2 amide bonds. The van der Waals surface area contributed by atoms with Gasteiger partial charge in [0.25, 0.3) is 5.91 Å². The van der Waals surface area contributed by atoms with Gasteiger partial charge in [0.15, 0.2) is 0 Å². The number of carbonyl (C=O) groups is 2. The molecule has 1 aliphatic rings. The fourth-order valence-corrected chi connectivity index (χ4v) is 2.99. The largest absolute Gasteiger partial charge is 0.506 e. The molecule has 0 saturated heterocycles. The van der Waals surface area contributed by atoms with Crippen LogP contribution in [0.4, 0.5) is 11.4 Å². The lowest BCUT2D eigenvalue weighted by molar-refractivity contribution is -0.116. The first-order valence-electron chi connectivity index (χ1n) is 8.66. The summed E-state index contributed by atoms with van der Waals surface area (Å²) >= 11 is 0. The van der Waals surface area contributed by atoms with E-state index in [9.17, 15) is 14.7 Å². The number of likely N-dealkylation sites (N-methyl/N-ethyl adjacent to an activating group) is 1. The van der Waals surface area contributed by atoms with Crippen LogP contribution in [0, 0.1) is 0 Å². The first kappa shape index (κ1) is 18.6. The number of rotatable bonds is 4. The molecule has 2 N–H and O–H groups in total. The Hall–Kier alpha value is -3.22. The van der Waals surface area contributed by atoms with Gasteiger partial charge in [-0.05, 0) is 30.3 Å². The molecule has 1 atom stereocenters. The monoisotopic (exact) mass is 369 g/mol. The number of hydrogen-bond donors (Lipinski definition) is 2. The summed E-state index contributed by atoms with van der Waals surface area (Å²) in [6.07, 6.45) is 0.191. The van der Waals surface area contributed by atoms with Crippen LogP contribution in [0.3, 0.4) is 0 Å². The highest BCUT2D eigenvalue weighted by Crippen LogP contribution is 2.35. The van der Waals surface area contributed by atoms with Gasteiger partial charge in [0.1, 0.15) is 18.1 Å². The summed E-state index contributed by atoms with van der Waals surface area (Å²) in [6.45, 7) is 0.360. The quantitative estimate of drug-likeness (QED) is 0.809. The lowest BCUT2D eigenvalue weighted by Gasteiger charge is -2.35. The number of fused-ring (bicyclic) bond motifs is 1. The molecule has 2 aromatic rings. The topological polar surface area (TPSA) is 82.1 Å². The van der Waals surface area contributed by atoms with Crippen molar-refractivity contribution in [3.63, 3.8) is 0 Å². The third-order valence-corrected chi connectivity index (χ3v) is 4.57. The van der Waals surface area contributed by atoms with E-state index < -0.39 is 0 Å². The van der Waals surface area contributed by atoms with Gasteiger partial charge in [0, 0.05) is 26.7 Å². The standard InChI is InChI=1S/C20H23N3O4/c1-22(2)20(26)13-8-9-18-16(10-13)23(3)14(12-27-18)11-19(25)21-15-6-4-5-7-17(15)24/h4-10,14,24H,11-12H2,1-3H3,(H,21,25)/t14-/m1/s1. The molecule has 0 unspecified atom stereocenters. The molecule has 0 spiro atoms. The molecule has 7 nitrogen and oxygen atoms in total. The number of hydrogen-bond acceptors (Lipinski definition) is 5. The number of nitrogens with zero attached hydrogens (tertiary/aromatic N) is 2. The van der Waals surface area contributed by atoms with Gasteiger partial charge in [-0.25, -0.2) is 0 Å². The van der Waals surface area contributed by atoms with Crippen LogP contribution in [0.5, 0.6) is 11.5 Å². The molecule has 0 aliphatic carbocycles. The zero-order valence-electron chi connectivity index (χ0n) is 15.6. The van der Waals surface area contributed by atoms with E-state index in [-0.39, 0.29) is 30.0 Å². The van der Waals surface area contributed by atoms with E-state index in [2.05, 4.69) is 5.32 Å². The van der Waals surface area contributed by atoms with Gasteiger partial charge in [-0.2, -0.15) is 0 Å². The van der Waals surface area contributed by atoms with Crippen molar-refractivity contribution in [1.29, 1.82) is 0 Å². The van der Waals surface area contributed by atoms with E-state index in [1.54, 1.807) is 50.5 Å². The predicted molar refractivity (Wildman–Crippen MR) is 103 cm³/mol. The molecule has 27 heavy (non-hydrogen) atoms.